The van der Waals surface area contributed by atoms with Gasteiger partial charge < -0.3 is 9.84 Å². The summed E-state index contributed by atoms with van der Waals surface area (Å²) in [5.41, 5.74) is 0.776. The van der Waals surface area contributed by atoms with Crippen LogP contribution in [-0.4, -0.2) is 27.7 Å². The van der Waals surface area contributed by atoms with Crippen LogP contribution in [0.2, 0.25) is 5.02 Å². The molecule has 0 amide bonds. The summed E-state index contributed by atoms with van der Waals surface area (Å²) >= 11 is 6.05. The second-order valence-corrected chi connectivity index (χ2v) is 3.91. The van der Waals surface area contributed by atoms with Crippen molar-refractivity contribution in [3.8, 4) is 5.82 Å². The van der Waals surface area contributed by atoms with Crippen molar-refractivity contribution in [1.82, 2.24) is 9.55 Å². The molecule has 1 N–H and O–H groups in total. The van der Waals surface area contributed by atoms with Crippen molar-refractivity contribution < 1.29 is 14.6 Å². The van der Waals surface area contributed by atoms with Crippen molar-refractivity contribution in [2.45, 2.75) is 6.61 Å². The van der Waals surface area contributed by atoms with Crippen LogP contribution in [0.25, 0.3) is 5.82 Å². The van der Waals surface area contributed by atoms with Crippen molar-refractivity contribution in [2.75, 3.05) is 7.11 Å². The first-order valence-electron chi connectivity index (χ1n) is 5.19. The number of methoxy groups -OCH3 is 1. The van der Waals surface area contributed by atoms with Gasteiger partial charge in [-0.3, -0.25) is 4.57 Å². The predicted octanol–water partition coefficient (Wildman–Crippen LogP) is 1.80. The van der Waals surface area contributed by atoms with Crippen molar-refractivity contribution in [2.24, 2.45) is 0 Å². The fourth-order valence-corrected chi connectivity index (χ4v) is 1.86. The molecule has 0 saturated heterocycles. The third-order valence-electron chi connectivity index (χ3n) is 2.47. The van der Waals surface area contributed by atoms with Gasteiger partial charge in [-0.1, -0.05) is 11.6 Å². The highest BCUT2D eigenvalue weighted by Gasteiger charge is 2.18. The molecule has 0 spiro atoms. The smallest absolute Gasteiger partial charge is 0.355 e. The number of hydrogen-bond acceptors (Lipinski definition) is 4. The van der Waals surface area contributed by atoms with Crippen LogP contribution >= 0.6 is 11.6 Å². The fraction of sp³-hybridized carbons (Fsp3) is 0.167. The fourth-order valence-electron chi connectivity index (χ4n) is 1.66. The van der Waals surface area contributed by atoms with Crippen molar-refractivity contribution in [3.63, 3.8) is 0 Å². The predicted molar refractivity (Wildman–Crippen MR) is 65.8 cm³/mol. The van der Waals surface area contributed by atoms with E-state index < -0.39 is 5.97 Å². The molecule has 0 aromatic carbocycles. The molecule has 5 nitrogen and oxygen atoms in total. The second-order valence-electron chi connectivity index (χ2n) is 3.50. The minimum atomic E-state index is -0.517. The number of aromatic nitrogens is 2. The number of hydrogen-bond donors (Lipinski definition) is 1. The molecule has 2 heterocycles. The third-order valence-corrected chi connectivity index (χ3v) is 2.76. The number of nitrogens with zero attached hydrogens (tertiary/aromatic N) is 2. The van der Waals surface area contributed by atoms with E-state index in [4.69, 9.17) is 11.6 Å². The molecular formula is C12H11ClN2O3. The van der Waals surface area contributed by atoms with Crippen LogP contribution in [-0.2, 0) is 11.3 Å². The number of rotatable bonds is 3. The number of esters is 1. The maximum Gasteiger partial charge on any atom is 0.355 e. The standard InChI is InChI=1S/C12H11ClN2O3/c1-18-12(17)10-5-4-8(7-16)15(10)11-9(13)3-2-6-14-11/h2-6,16H,7H2,1H3. The second kappa shape index (κ2) is 5.20. The van der Waals surface area contributed by atoms with Gasteiger partial charge in [-0.25, -0.2) is 9.78 Å². The summed E-state index contributed by atoms with van der Waals surface area (Å²) in [5, 5.41) is 9.68. The molecular weight excluding hydrogens is 256 g/mol. The Labute approximate surface area is 109 Å². The van der Waals surface area contributed by atoms with Crippen LogP contribution in [0.5, 0.6) is 0 Å². The summed E-state index contributed by atoms with van der Waals surface area (Å²) in [5.74, 6) is -0.134. The van der Waals surface area contributed by atoms with E-state index in [1.807, 2.05) is 0 Å². The average molecular weight is 267 g/mol. The molecule has 2 aromatic rings. The lowest BCUT2D eigenvalue weighted by Crippen LogP contribution is -2.12. The van der Waals surface area contributed by atoms with Gasteiger partial charge in [0.1, 0.15) is 5.69 Å². The van der Waals surface area contributed by atoms with Gasteiger partial charge in [0.05, 0.1) is 24.4 Å². The molecule has 0 aliphatic heterocycles. The van der Waals surface area contributed by atoms with Gasteiger partial charge in [0.25, 0.3) is 0 Å². The largest absolute Gasteiger partial charge is 0.464 e. The molecule has 0 bridgehead atoms. The number of carbonyl (C=O) groups excluding carboxylic acids is 1. The third kappa shape index (κ3) is 2.10. The van der Waals surface area contributed by atoms with Gasteiger partial charge in [-0.15, -0.1) is 0 Å². The highest BCUT2D eigenvalue weighted by Crippen LogP contribution is 2.22. The Hall–Kier alpha value is -1.85. The van der Waals surface area contributed by atoms with Crippen LogP contribution in [0.3, 0.4) is 0 Å². The topological polar surface area (TPSA) is 64.3 Å². The highest BCUT2D eigenvalue weighted by molar-refractivity contribution is 6.32. The quantitative estimate of drug-likeness (QED) is 0.861. The van der Waals surface area contributed by atoms with Gasteiger partial charge in [0, 0.05) is 6.20 Å². The zero-order valence-electron chi connectivity index (χ0n) is 9.63. The molecule has 18 heavy (non-hydrogen) atoms. The van der Waals surface area contributed by atoms with Crippen LogP contribution < -0.4 is 0 Å². The first-order valence-corrected chi connectivity index (χ1v) is 5.57. The van der Waals surface area contributed by atoms with E-state index in [-0.39, 0.29) is 12.3 Å². The lowest BCUT2D eigenvalue weighted by atomic mass is 10.4. The van der Waals surface area contributed by atoms with Crippen molar-refractivity contribution in [1.29, 1.82) is 0 Å². The van der Waals surface area contributed by atoms with Crippen LogP contribution in [0, 0.1) is 0 Å². The average Bonchev–Trinajstić information content (AvgIpc) is 2.82. The lowest BCUT2D eigenvalue weighted by molar-refractivity contribution is 0.0591. The SMILES string of the molecule is COC(=O)c1ccc(CO)n1-c1ncccc1Cl. The normalized spacial score (nSPS) is 10.4. The molecule has 6 heteroatoms. The summed E-state index contributed by atoms with van der Waals surface area (Å²) in [4.78, 5) is 15.8. The van der Waals surface area contributed by atoms with E-state index in [2.05, 4.69) is 9.72 Å². The Morgan fingerprint density at radius 1 is 1.50 bits per heavy atom. The van der Waals surface area contributed by atoms with Crippen LogP contribution in [0.4, 0.5) is 0 Å². The maximum absolute atomic E-state index is 11.7. The Morgan fingerprint density at radius 3 is 2.89 bits per heavy atom. The molecule has 0 unspecified atom stereocenters. The van der Waals surface area contributed by atoms with E-state index in [9.17, 15) is 9.90 Å². The van der Waals surface area contributed by atoms with Crippen LogP contribution in [0.1, 0.15) is 16.2 Å². The molecule has 0 aliphatic carbocycles. The minimum absolute atomic E-state index is 0.232. The van der Waals surface area contributed by atoms with E-state index >= 15 is 0 Å². The molecule has 0 saturated carbocycles. The van der Waals surface area contributed by atoms with E-state index in [1.165, 1.54) is 11.7 Å². The summed E-state index contributed by atoms with van der Waals surface area (Å²) in [6, 6.07) is 6.53. The summed E-state index contributed by atoms with van der Waals surface area (Å²) < 4.78 is 6.16. The monoisotopic (exact) mass is 266 g/mol. The molecule has 2 rings (SSSR count). The Morgan fingerprint density at radius 2 is 2.28 bits per heavy atom. The molecule has 94 valence electrons. The van der Waals surface area contributed by atoms with Crippen molar-refractivity contribution in [3.05, 3.63) is 46.9 Å². The first kappa shape index (κ1) is 12.6. The molecule has 0 fully saturated rings. The molecule has 0 aliphatic rings. The number of halogens is 1. The van der Waals surface area contributed by atoms with E-state index in [0.717, 1.165) is 0 Å². The van der Waals surface area contributed by atoms with Gasteiger partial charge in [0.15, 0.2) is 5.82 Å². The number of aliphatic hydroxyl groups excluding tert-OH is 1. The Kier molecular flexibility index (Phi) is 3.64. The molecule has 2 aromatic heterocycles. The highest BCUT2D eigenvalue weighted by atomic mass is 35.5. The number of carbonyl (C=O) groups is 1. The lowest BCUT2D eigenvalue weighted by Gasteiger charge is -2.11. The summed E-state index contributed by atoms with van der Waals surface area (Å²) in [7, 11) is 1.29. The Balaban J connectivity index is 2.65. The van der Waals surface area contributed by atoms with Crippen molar-refractivity contribution >= 4 is 17.6 Å². The van der Waals surface area contributed by atoms with Gasteiger partial charge >= 0.3 is 5.97 Å². The summed E-state index contributed by atoms with van der Waals surface area (Å²) in [6.45, 7) is -0.232. The zero-order chi connectivity index (χ0) is 13.1. The number of aliphatic hydroxyl groups is 1. The number of pyridine rings is 1. The van der Waals surface area contributed by atoms with E-state index in [0.29, 0.717) is 16.5 Å². The van der Waals surface area contributed by atoms with Gasteiger partial charge in [-0.05, 0) is 24.3 Å². The molecule has 0 atom stereocenters. The van der Waals surface area contributed by atoms with Crippen LogP contribution in [0.15, 0.2) is 30.5 Å². The first-order chi connectivity index (χ1) is 8.69. The zero-order valence-corrected chi connectivity index (χ0v) is 10.4. The Bertz CT molecular complexity index is 580. The van der Waals surface area contributed by atoms with Gasteiger partial charge in [0.2, 0.25) is 0 Å². The van der Waals surface area contributed by atoms with E-state index in [1.54, 1.807) is 30.5 Å². The number of ether oxygens (including phenoxy) is 1. The molecule has 0 radical (unpaired) electrons. The summed E-state index contributed by atoms with van der Waals surface area (Å²) in [6.07, 6.45) is 1.56. The van der Waals surface area contributed by atoms with Gasteiger partial charge in [-0.2, -0.15) is 0 Å². The minimum Gasteiger partial charge on any atom is -0.464 e. The maximum atomic E-state index is 11.7.